The first-order chi connectivity index (χ1) is 9.62. The topological polar surface area (TPSA) is 50.7 Å². The molecule has 0 aliphatic carbocycles. The second-order valence-corrected chi connectivity index (χ2v) is 6.16. The van der Waals surface area contributed by atoms with Crippen molar-refractivity contribution >= 4 is 28.8 Å². The van der Waals surface area contributed by atoms with Crippen molar-refractivity contribution in [2.45, 2.75) is 46.1 Å². The normalized spacial score (nSPS) is 12.4. The van der Waals surface area contributed by atoms with Gasteiger partial charge in [-0.05, 0) is 19.8 Å². The molecule has 0 aromatic carbocycles. The van der Waals surface area contributed by atoms with Crippen LogP contribution in [0.5, 0.6) is 0 Å². The fraction of sp³-hybridized carbons (Fsp3) is 0.500. The minimum atomic E-state index is 0.112. The summed E-state index contributed by atoms with van der Waals surface area (Å²) in [6, 6.07) is 1.87. The largest absolute Gasteiger partial charge is 0.361 e. The number of halogens is 1. The Morgan fingerprint density at radius 2 is 2.15 bits per heavy atom. The van der Waals surface area contributed by atoms with Crippen molar-refractivity contribution < 1.29 is 0 Å². The second kappa shape index (κ2) is 6.99. The summed E-state index contributed by atoms with van der Waals surface area (Å²) in [6.07, 6.45) is 4.79. The number of thiazole rings is 1. The molecule has 0 bridgehead atoms. The first-order valence-electron chi connectivity index (χ1n) is 6.87. The van der Waals surface area contributed by atoms with Crippen LogP contribution in [0.3, 0.4) is 0 Å². The van der Waals surface area contributed by atoms with Crippen LogP contribution in [0.25, 0.3) is 0 Å². The van der Waals surface area contributed by atoms with E-state index < -0.39 is 0 Å². The summed E-state index contributed by atoms with van der Waals surface area (Å²) in [4.78, 5) is 14.4. The standard InChI is InChI=1S/C14H19ClN4S/c1-4-6-12-18-11(15)7-13(19-12)17-9(3)14-16-8-10(5-2)20-14/h7-9H,4-6H2,1-3H3,(H,17,18,19). The van der Waals surface area contributed by atoms with Crippen LogP contribution >= 0.6 is 22.9 Å². The monoisotopic (exact) mass is 310 g/mol. The molecule has 0 amide bonds. The van der Waals surface area contributed by atoms with Crippen molar-refractivity contribution in [2.24, 2.45) is 0 Å². The van der Waals surface area contributed by atoms with Gasteiger partial charge in [0.2, 0.25) is 0 Å². The van der Waals surface area contributed by atoms with E-state index in [0.29, 0.717) is 5.15 Å². The average molecular weight is 311 g/mol. The highest BCUT2D eigenvalue weighted by Gasteiger charge is 2.12. The summed E-state index contributed by atoms with van der Waals surface area (Å²) in [7, 11) is 0. The van der Waals surface area contributed by atoms with Gasteiger partial charge in [-0.1, -0.05) is 25.4 Å². The van der Waals surface area contributed by atoms with Crippen LogP contribution in [0.4, 0.5) is 5.82 Å². The molecule has 0 spiro atoms. The smallest absolute Gasteiger partial charge is 0.134 e. The number of aromatic nitrogens is 3. The van der Waals surface area contributed by atoms with Gasteiger partial charge in [0.05, 0.1) is 6.04 Å². The molecule has 2 rings (SSSR count). The van der Waals surface area contributed by atoms with Crippen LogP contribution in [0, 0.1) is 0 Å². The van der Waals surface area contributed by atoms with Crippen LogP contribution in [0.2, 0.25) is 5.15 Å². The van der Waals surface area contributed by atoms with Crippen molar-refractivity contribution in [2.75, 3.05) is 5.32 Å². The number of aryl methyl sites for hydroxylation is 2. The second-order valence-electron chi connectivity index (χ2n) is 4.63. The summed E-state index contributed by atoms with van der Waals surface area (Å²) in [5.74, 6) is 1.54. The van der Waals surface area contributed by atoms with E-state index in [1.807, 2.05) is 6.20 Å². The Morgan fingerprint density at radius 3 is 2.80 bits per heavy atom. The number of rotatable bonds is 6. The van der Waals surface area contributed by atoms with Crippen molar-refractivity contribution in [3.05, 3.63) is 33.1 Å². The molecule has 0 saturated heterocycles. The van der Waals surface area contributed by atoms with E-state index in [-0.39, 0.29) is 6.04 Å². The highest BCUT2D eigenvalue weighted by molar-refractivity contribution is 7.11. The van der Waals surface area contributed by atoms with Gasteiger partial charge in [-0.2, -0.15) is 0 Å². The Balaban J connectivity index is 2.12. The van der Waals surface area contributed by atoms with Gasteiger partial charge >= 0.3 is 0 Å². The number of nitrogens with one attached hydrogen (secondary N) is 1. The molecule has 20 heavy (non-hydrogen) atoms. The predicted molar refractivity (Wildman–Crippen MR) is 84.6 cm³/mol. The minimum Gasteiger partial charge on any atom is -0.361 e. The third-order valence-electron chi connectivity index (χ3n) is 2.87. The Bertz CT molecular complexity index is 570. The average Bonchev–Trinajstić information content (AvgIpc) is 2.87. The minimum absolute atomic E-state index is 0.112. The quantitative estimate of drug-likeness (QED) is 0.809. The first-order valence-corrected chi connectivity index (χ1v) is 8.06. The lowest BCUT2D eigenvalue weighted by molar-refractivity contribution is 0.816. The molecule has 4 nitrogen and oxygen atoms in total. The summed E-state index contributed by atoms with van der Waals surface area (Å²) in [6.45, 7) is 6.31. The maximum absolute atomic E-state index is 6.04. The summed E-state index contributed by atoms with van der Waals surface area (Å²) >= 11 is 7.77. The summed E-state index contributed by atoms with van der Waals surface area (Å²) in [5.41, 5.74) is 0. The summed E-state index contributed by atoms with van der Waals surface area (Å²) in [5, 5.41) is 4.89. The third kappa shape index (κ3) is 3.90. The molecule has 0 aliphatic heterocycles. The summed E-state index contributed by atoms with van der Waals surface area (Å²) < 4.78 is 0. The molecule has 0 fully saturated rings. The molecule has 2 heterocycles. The van der Waals surface area contributed by atoms with Crippen LogP contribution in [-0.4, -0.2) is 15.0 Å². The van der Waals surface area contributed by atoms with E-state index in [9.17, 15) is 0 Å². The Morgan fingerprint density at radius 1 is 1.35 bits per heavy atom. The molecule has 1 N–H and O–H groups in total. The van der Waals surface area contributed by atoms with E-state index in [1.54, 1.807) is 17.4 Å². The van der Waals surface area contributed by atoms with Crippen molar-refractivity contribution in [3.63, 3.8) is 0 Å². The van der Waals surface area contributed by atoms with Gasteiger partial charge in [0.15, 0.2) is 0 Å². The lowest BCUT2D eigenvalue weighted by atomic mass is 10.3. The van der Waals surface area contributed by atoms with Gasteiger partial charge in [0.1, 0.15) is 21.8 Å². The number of nitrogens with zero attached hydrogens (tertiary/aromatic N) is 3. The SMILES string of the molecule is CCCc1nc(Cl)cc(NC(C)c2ncc(CC)s2)n1. The molecule has 0 saturated carbocycles. The highest BCUT2D eigenvalue weighted by atomic mass is 35.5. The van der Waals surface area contributed by atoms with E-state index in [1.165, 1.54) is 4.88 Å². The van der Waals surface area contributed by atoms with Gasteiger partial charge in [-0.3, -0.25) is 0 Å². The molecule has 6 heteroatoms. The van der Waals surface area contributed by atoms with E-state index in [4.69, 9.17) is 11.6 Å². The van der Waals surface area contributed by atoms with Gasteiger partial charge in [-0.25, -0.2) is 15.0 Å². The van der Waals surface area contributed by atoms with Crippen LogP contribution in [0.1, 0.15) is 48.9 Å². The third-order valence-corrected chi connectivity index (χ3v) is 4.39. The molecular weight excluding hydrogens is 292 g/mol. The zero-order valence-electron chi connectivity index (χ0n) is 12.0. The van der Waals surface area contributed by atoms with Gasteiger partial charge < -0.3 is 5.32 Å². The zero-order valence-corrected chi connectivity index (χ0v) is 13.6. The molecule has 1 unspecified atom stereocenters. The Hall–Kier alpha value is -1.20. The van der Waals surface area contributed by atoms with Crippen LogP contribution in [-0.2, 0) is 12.8 Å². The lowest BCUT2D eigenvalue weighted by Crippen LogP contribution is -2.09. The van der Waals surface area contributed by atoms with E-state index in [0.717, 1.165) is 35.9 Å². The number of hydrogen-bond donors (Lipinski definition) is 1. The van der Waals surface area contributed by atoms with Gasteiger partial charge in [-0.15, -0.1) is 11.3 Å². The zero-order chi connectivity index (χ0) is 14.5. The van der Waals surface area contributed by atoms with Crippen LogP contribution in [0.15, 0.2) is 12.3 Å². The number of anilines is 1. The van der Waals surface area contributed by atoms with Crippen LogP contribution < -0.4 is 5.32 Å². The highest BCUT2D eigenvalue weighted by Crippen LogP contribution is 2.24. The molecule has 108 valence electrons. The fourth-order valence-electron chi connectivity index (χ4n) is 1.84. The number of hydrogen-bond acceptors (Lipinski definition) is 5. The predicted octanol–water partition coefficient (Wildman–Crippen LogP) is 4.27. The molecule has 1 atom stereocenters. The van der Waals surface area contributed by atoms with Gasteiger partial charge in [0.25, 0.3) is 0 Å². The molecule has 2 aromatic heterocycles. The van der Waals surface area contributed by atoms with Crippen molar-refractivity contribution in [1.29, 1.82) is 0 Å². The maximum atomic E-state index is 6.04. The molecule has 0 aliphatic rings. The van der Waals surface area contributed by atoms with Crippen molar-refractivity contribution in [3.8, 4) is 0 Å². The van der Waals surface area contributed by atoms with E-state index in [2.05, 4.69) is 41.0 Å². The van der Waals surface area contributed by atoms with Crippen molar-refractivity contribution in [1.82, 2.24) is 15.0 Å². The fourth-order valence-corrected chi connectivity index (χ4v) is 2.90. The Labute approximate surface area is 128 Å². The Kier molecular flexibility index (Phi) is 5.31. The molecule has 2 aromatic rings. The first kappa shape index (κ1) is 15.2. The maximum Gasteiger partial charge on any atom is 0.134 e. The molecule has 0 radical (unpaired) electrons. The lowest BCUT2D eigenvalue weighted by Gasteiger charge is -2.12. The van der Waals surface area contributed by atoms with Gasteiger partial charge in [0, 0.05) is 23.6 Å². The molecular formula is C14H19ClN4S. The van der Waals surface area contributed by atoms with E-state index >= 15 is 0 Å².